The molecule has 7 heteroatoms. The molecule has 1 aliphatic heterocycles. The summed E-state index contributed by atoms with van der Waals surface area (Å²) in [5.41, 5.74) is 0.395. The second-order valence-corrected chi connectivity index (χ2v) is 7.35. The Balaban J connectivity index is 1.92. The van der Waals surface area contributed by atoms with Gasteiger partial charge in [-0.15, -0.1) is 0 Å². The minimum atomic E-state index is -0.924. The minimum absolute atomic E-state index is 0.0597. The van der Waals surface area contributed by atoms with Crippen LogP contribution in [0.3, 0.4) is 0 Å². The summed E-state index contributed by atoms with van der Waals surface area (Å²) in [4.78, 5) is 39.0. The summed E-state index contributed by atoms with van der Waals surface area (Å²) in [6.45, 7) is 2.89. The Morgan fingerprint density at radius 1 is 1.21 bits per heavy atom. The highest BCUT2D eigenvalue weighted by Gasteiger charge is 2.47. The second-order valence-electron chi connectivity index (χ2n) is 7.35. The fourth-order valence-electron chi connectivity index (χ4n) is 3.74. The maximum Gasteiger partial charge on any atom is 0.337 e. The fourth-order valence-corrected chi connectivity index (χ4v) is 3.74. The van der Waals surface area contributed by atoms with Crippen LogP contribution in [0.2, 0.25) is 0 Å². The summed E-state index contributed by atoms with van der Waals surface area (Å²) in [6.07, 6.45) is 0.787. The number of carbonyl (C=O) groups is 3. The van der Waals surface area contributed by atoms with Gasteiger partial charge in [-0.25, -0.2) is 4.79 Å². The van der Waals surface area contributed by atoms with E-state index in [0.717, 1.165) is 16.3 Å². The average molecular weight is 398 g/mol. The van der Waals surface area contributed by atoms with Crippen molar-refractivity contribution in [3.8, 4) is 0 Å². The predicted octanol–water partition coefficient (Wildman–Crippen LogP) is 2.27. The van der Waals surface area contributed by atoms with Crippen molar-refractivity contribution in [1.29, 1.82) is 0 Å². The van der Waals surface area contributed by atoms with Gasteiger partial charge in [0.15, 0.2) is 0 Å². The molecule has 0 aromatic heterocycles. The van der Waals surface area contributed by atoms with E-state index in [1.807, 2.05) is 24.3 Å². The molecule has 1 saturated heterocycles. The number of hydrogen-bond donors (Lipinski definition) is 1. The van der Waals surface area contributed by atoms with Gasteiger partial charge < -0.3 is 19.7 Å². The third-order valence-corrected chi connectivity index (χ3v) is 5.53. The van der Waals surface area contributed by atoms with E-state index in [9.17, 15) is 14.4 Å². The number of likely N-dealkylation sites (tertiary alicyclic amines) is 1. The van der Waals surface area contributed by atoms with E-state index in [-0.39, 0.29) is 18.4 Å². The molecule has 7 nitrogen and oxygen atoms in total. The van der Waals surface area contributed by atoms with E-state index >= 15 is 0 Å². The molecule has 1 atom stereocenters. The van der Waals surface area contributed by atoms with Gasteiger partial charge >= 0.3 is 5.97 Å². The number of ether oxygens (including phenoxy) is 2. The lowest BCUT2D eigenvalue weighted by Crippen LogP contribution is -2.54. The summed E-state index contributed by atoms with van der Waals surface area (Å²) in [7, 11) is 2.91. The van der Waals surface area contributed by atoms with Crippen LogP contribution >= 0.6 is 0 Å². The Labute approximate surface area is 170 Å². The molecule has 0 bridgehead atoms. The molecular weight excluding hydrogens is 372 g/mol. The standard InChI is InChI=1S/C22H26N2O5/c1-22(21(27)23-11-12-28-2)10-9-19(25)24(22)14-17-6-4-5-15-7-8-16(13-18(15)17)20(26)29-3/h4-8,13H,9-12,14H2,1-3H3,(H,23,27). The van der Waals surface area contributed by atoms with Crippen LogP contribution in [-0.4, -0.2) is 55.6 Å². The zero-order valence-electron chi connectivity index (χ0n) is 17.0. The number of methoxy groups -OCH3 is 2. The molecular formula is C22H26N2O5. The zero-order valence-corrected chi connectivity index (χ0v) is 17.0. The quantitative estimate of drug-likeness (QED) is 0.571. The number of fused-ring (bicyclic) bond motifs is 1. The van der Waals surface area contributed by atoms with Crippen LogP contribution in [0.25, 0.3) is 10.8 Å². The third kappa shape index (κ3) is 4.10. The Kier molecular flexibility index (Phi) is 6.17. The van der Waals surface area contributed by atoms with Crippen LogP contribution < -0.4 is 5.32 Å². The largest absolute Gasteiger partial charge is 0.465 e. The van der Waals surface area contributed by atoms with Crippen molar-refractivity contribution in [2.24, 2.45) is 0 Å². The lowest BCUT2D eigenvalue weighted by atomic mass is 9.96. The molecule has 2 aromatic carbocycles. The summed E-state index contributed by atoms with van der Waals surface area (Å²) >= 11 is 0. The van der Waals surface area contributed by atoms with Gasteiger partial charge in [0.05, 0.1) is 19.3 Å². The highest BCUT2D eigenvalue weighted by Crippen LogP contribution is 2.33. The molecule has 0 radical (unpaired) electrons. The lowest BCUT2D eigenvalue weighted by Gasteiger charge is -2.34. The highest BCUT2D eigenvalue weighted by atomic mass is 16.5. The predicted molar refractivity (Wildman–Crippen MR) is 108 cm³/mol. The molecule has 29 heavy (non-hydrogen) atoms. The number of nitrogens with one attached hydrogen (secondary N) is 1. The first kappa shape index (κ1) is 20.8. The van der Waals surface area contributed by atoms with Crippen molar-refractivity contribution in [3.63, 3.8) is 0 Å². The molecule has 0 aliphatic carbocycles. The zero-order chi connectivity index (χ0) is 21.0. The summed E-state index contributed by atoms with van der Waals surface area (Å²) in [5.74, 6) is -0.660. The van der Waals surface area contributed by atoms with Crippen LogP contribution in [0.15, 0.2) is 36.4 Å². The van der Waals surface area contributed by atoms with Gasteiger partial charge in [-0.2, -0.15) is 0 Å². The van der Waals surface area contributed by atoms with Crippen molar-refractivity contribution in [1.82, 2.24) is 10.2 Å². The van der Waals surface area contributed by atoms with E-state index in [4.69, 9.17) is 9.47 Å². The molecule has 2 amide bonds. The fraction of sp³-hybridized carbons (Fsp3) is 0.409. The molecule has 1 fully saturated rings. The number of amides is 2. The molecule has 1 heterocycles. The van der Waals surface area contributed by atoms with Gasteiger partial charge in [0.2, 0.25) is 11.8 Å². The monoisotopic (exact) mass is 398 g/mol. The lowest BCUT2D eigenvalue weighted by molar-refractivity contribution is -0.141. The smallest absolute Gasteiger partial charge is 0.337 e. The van der Waals surface area contributed by atoms with Gasteiger partial charge in [0.1, 0.15) is 5.54 Å². The summed E-state index contributed by atoms with van der Waals surface area (Å²) in [6, 6.07) is 11.1. The van der Waals surface area contributed by atoms with Crippen LogP contribution in [0.1, 0.15) is 35.7 Å². The Morgan fingerprint density at radius 2 is 2.00 bits per heavy atom. The second kappa shape index (κ2) is 8.61. The van der Waals surface area contributed by atoms with Crippen molar-refractivity contribution in [3.05, 3.63) is 47.5 Å². The number of carbonyl (C=O) groups excluding carboxylic acids is 3. The Bertz CT molecular complexity index is 942. The van der Waals surface area contributed by atoms with Crippen LogP contribution in [0, 0.1) is 0 Å². The molecule has 0 saturated carbocycles. The molecule has 1 aliphatic rings. The number of esters is 1. The van der Waals surface area contributed by atoms with Gasteiger partial charge in [-0.05, 0) is 41.8 Å². The van der Waals surface area contributed by atoms with Crippen molar-refractivity contribution in [2.75, 3.05) is 27.4 Å². The van der Waals surface area contributed by atoms with Crippen LogP contribution in [0.5, 0.6) is 0 Å². The molecule has 1 unspecified atom stereocenters. The molecule has 1 N–H and O–H groups in total. The topological polar surface area (TPSA) is 84.9 Å². The van der Waals surface area contributed by atoms with E-state index in [1.165, 1.54) is 7.11 Å². The first-order chi connectivity index (χ1) is 13.9. The first-order valence-corrected chi connectivity index (χ1v) is 9.58. The van der Waals surface area contributed by atoms with Crippen molar-refractivity contribution >= 4 is 28.6 Å². The SMILES string of the molecule is COCCNC(=O)C1(C)CCC(=O)N1Cc1cccc2ccc(C(=O)OC)cc12. The number of nitrogens with zero attached hydrogens (tertiary/aromatic N) is 1. The van der Waals surface area contributed by atoms with Gasteiger partial charge in [0, 0.05) is 26.6 Å². The summed E-state index contributed by atoms with van der Waals surface area (Å²) in [5, 5.41) is 4.66. The van der Waals surface area contributed by atoms with E-state index in [0.29, 0.717) is 31.6 Å². The normalized spacial score (nSPS) is 18.9. The van der Waals surface area contributed by atoms with Gasteiger partial charge in [0.25, 0.3) is 0 Å². The van der Waals surface area contributed by atoms with E-state index < -0.39 is 11.5 Å². The van der Waals surface area contributed by atoms with Crippen LogP contribution in [-0.2, 0) is 25.6 Å². The van der Waals surface area contributed by atoms with Gasteiger partial charge in [-0.1, -0.05) is 24.3 Å². The Hall–Kier alpha value is -2.93. The number of hydrogen-bond acceptors (Lipinski definition) is 5. The van der Waals surface area contributed by atoms with Crippen molar-refractivity contribution in [2.45, 2.75) is 31.8 Å². The number of rotatable bonds is 7. The molecule has 3 rings (SSSR count). The first-order valence-electron chi connectivity index (χ1n) is 9.58. The van der Waals surface area contributed by atoms with E-state index in [1.54, 1.807) is 31.1 Å². The van der Waals surface area contributed by atoms with Crippen LogP contribution in [0.4, 0.5) is 0 Å². The maximum atomic E-state index is 12.8. The molecule has 2 aromatic rings. The van der Waals surface area contributed by atoms with Crippen molar-refractivity contribution < 1.29 is 23.9 Å². The minimum Gasteiger partial charge on any atom is -0.465 e. The number of benzene rings is 2. The third-order valence-electron chi connectivity index (χ3n) is 5.53. The Morgan fingerprint density at radius 3 is 2.72 bits per heavy atom. The molecule has 154 valence electrons. The van der Waals surface area contributed by atoms with Gasteiger partial charge in [-0.3, -0.25) is 9.59 Å². The maximum absolute atomic E-state index is 12.8. The molecule has 0 spiro atoms. The summed E-state index contributed by atoms with van der Waals surface area (Å²) < 4.78 is 9.81. The average Bonchev–Trinajstić information content (AvgIpc) is 3.02. The van der Waals surface area contributed by atoms with E-state index in [2.05, 4.69) is 5.32 Å². The highest BCUT2D eigenvalue weighted by molar-refractivity contribution is 5.97.